The summed E-state index contributed by atoms with van der Waals surface area (Å²) in [6.45, 7) is 0.763. The van der Waals surface area contributed by atoms with Gasteiger partial charge in [0.25, 0.3) is 0 Å². The van der Waals surface area contributed by atoms with Crippen LogP contribution in [0.3, 0.4) is 0 Å². The van der Waals surface area contributed by atoms with Crippen molar-refractivity contribution in [3.63, 3.8) is 0 Å². The minimum Gasteiger partial charge on any atom is -0.397 e. The topological polar surface area (TPSA) is 83.2 Å². The van der Waals surface area contributed by atoms with E-state index in [1.165, 1.54) is 18.2 Å². The number of aliphatic hydroxyl groups excluding tert-OH is 1. The summed E-state index contributed by atoms with van der Waals surface area (Å²) in [7, 11) is 1.80. The van der Waals surface area contributed by atoms with Gasteiger partial charge in [-0.25, -0.2) is 13.2 Å². The van der Waals surface area contributed by atoms with Crippen LogP contribution in [0.5, 0.6) is 0 Å². The van der Waals surface area contributed by atoms with E-state index in [1.54, 1.807) is 31.3 Å². The molecule has 1 fully saturated rings. The molecule has 0 aliphatic heterocycles. The number of nitrogens with two attached hydrogens (primary N) is 1. The number of hydrogen-bond acceptors (Lipinski definition) is 5. The van der Waals surface area contributed by atoms with Crippen LogP contribution in [0, 0.1) is 11.6 Å². The van der Waals surface area contributed by atoms with Crippen LogP contribution in [0.4, 0.5) is 18.9 Å². The second-order valence-corrected chi connectivity index (χ2v) is 10.2. The highest BCUT2D eigenvalue weighted by Gasteiger charge is 2.30. The normalized spacial score (nSPS) is 20.9. The molecular formula is C27H30BrF3N4O. The summed E-state index contributed by atoms with van der Waals surface area (Å²) in [6.07, 6.45) is -1.00. The van der Waals surface area contributed by atoms with E-state index in [4.69, 9.17) is 5.73 Å². The van der Waals surface area contributed by atoms with E-state index >= 15 is 4.39 Å². The first-order valence-corrected chi connectivity index (χ1v) is 12.8. The lowest BCUT2D eigenvalue weighted by Gasteiger charge is -2.28. The summed E-state index contributed by atoms with van der Waals surface area (Å²) in [4.78, 5) is 4.65. The highest BCUT2D eigenvalue weighted by atomic mass is 79.9. The third kappa shape index (κ3) is 6.26. The number of likely N-dealkylation sites (N-methyl/N-ethyl adjacent to an activating group) is 1. The van der Waals surface area contributed by atoms with Crippen molar-refractivity contribution < 1.29 is 18.3 Å². The first kappa shape index (κ1) is 26.6. The van der Waals surface area contributed by atoms with Gasteiger partial charge in [-0.1, -0.05) is 28.1 Å². The number of nitrogens with one attached hydrogen (secondary N) is 2. The fraction of sp³-hybridized carbons (Fsp3) is 0.370. The van der Waals surface area contributed by atoms with Crippen molar-refractivity contribution in [2.24, 2.45) is 0 Å². The predicted molar refractivity (Wildman–Crippen MR) is 139 cm³/mol. The number of nitrogen functional groups attached to an aromatic ring is 1. The summed E-state index contributed by atoms with van der Waals surface area (Å²) in [6, 6.07) is 12.8. The summed E-state index contributed by atoms with van der Waals surface area (Å²) in [5, 5.41) is 16.1. The van der Waals surface area contributed by atoms with Gasteiger partial charge < -0.3 is 21.5 Å². The van der Waals surface area contributed by atoms with Gasteiger partial charge in [0.05, 0.1) is 17.5 Å². The Labute approximate surface area is 217 Å². The van der Waals surface area contributed by atoms with E-state index in [0.29, 0.717) is 52.1 Å². The highest BCUT2D eigenvalue weighted by Crippen LogP contribution is 2.36. The highest BCUT2D eigenvalue weighted by molar-refractivity contribution is 9.10. The third-order valence-corrected chi connectivity index (χ3v) is 7.12. The van der Waals surface area contributed by atoms with Crippen molar-refractivity contribution in [2.75, 3.05) is 19.3 Å². The van der Waals surface area contributed by atoms with Crippen LogP contribution in [-0.2, 0) is 6.54 Å². The van der Waals surface area contributed by atoms with E-state index in [0.717, 1.165) is 5.56 Å². The zero-order valence-corrected chi connectivity index (χ0v) is 21.5. The predicted octanol–water partition coefficient (Wildman–Crippen LogP) is 5.39. The Hall–Kier alpha value is -2.46. The van der Waals surface area contributed by atoms with Gasteiger partial charge in [0.15, 0.2) is 0 Å². The van der Waals surface area contributed by atoms with Crippen molar-refractivity contribution >= 4 is 21.6 Å². The molecule has 1 aliphatic carbocycles. The molecule has 4 atom stereocenters. The number of aliphatic hydroxyl groups is 1. The smallest absolute Gasteiger partial charge is 0.128 e. The molecule has 3 aromatic rings. The Morgan fingerprint density at radius 2 is 1.94 bits per heavy atom. The minimum atomic E-state index is -1.28. The third-order valence-electron chi connectivity index (χ3n) is 6.67. The van der Waals surface area contributed by atoms with Gasteiger partial charge in [-0.05, 0) is 68.3 Å². The number of anilines is 1. The number of alkyl halides is 1. The SMILES string of the molecule is CNC[C@@H](NCc1ccc(-c2nc([C@H]3CC[C@H](O)[C@@H](F)C3)ccc2N)cc1F)c1cc(F)cc(Br)c1. The lowest BCUT2D eigenvalue weighted by molar-refractivity contribution is 0.0364. The van der Waals surface area contributed by atoms with E-state index in [-0.39, 0.29) is 30.7 Å². The number of halogens is 4. The first-order valence-electron chi connectivity index (χ1n) is 12.0. The summed E-state index contributed by atoms with van der Waals surface area (Å²) in [5.74, 6) is -0.889. The number of rotatable bonds is 8. The molecule has 0 unspecified atom stereocenters. The maximum Gasteiger partial charge on any atom is 0.128 e. The van der Waals surface area contributed by atoms with Crippen LogP contribution in [-0.4, -0.2) is 36.0 Å². The lowest BCUT2D eigenvalue weighted by Crippen LogP contribution is -2.30. The second kappa shape index (κ2) is 11.7. The number of aromatic nitrogens is 1. The Bertz CT molecular complexity index is 1190. The molecule has 0 amide bonds. The summed E-state index contributed by atoms with van der Waals surface area (Å²) < 4.78 is 43.7. The van der Waals surface area contributed by atoms with Gasteiger partial charge in [0.1, 0.15) is 17.8 Å². The molecule has 5 nitrogen and oxygen atoms in total. The zero-order chi connectivity index (χ0) is 25.8. The largest absolute Gasteiger partial charge is 0.397 e. The molecule has 1 saturated carbocycles. The molecule has 1 heterocycles. The molecule has 1 aromatic heterocycles. The average molecular weight is 563 g/mol. The quantitative estimate of drug-likeness (QED) is 0.296. The molecule has 1 aliphatic rings. The molecule has 0 bridgehead atoms. The fourth-order valence-corrected chi connectivity index (χ4v) is 5.15. The standard InChI is InChI=1S/C27H30BrF3N4O/c1-33-14-25(18-8-19(28)12-20(29)9-18)34-13-17-3-2-16(11-21(17)30)27-23(32)5-6-24(35-27)15-4-7-26(36)22(31)10-15/h2-3,5-6,8-9,11-12,15,22,25-26,33-34,36H,4,7,10,13-14,32H2,1H3/t15-,22-,25+,26-/m0/s1. The Balaban J connectivity index is 1.51. The van der Waals surface area contributed by atoms with Gasteiger partial charge in [0, 0.05) is 46.3 Å². The Kier molecular flexibility index (Phi) is 8.66. The van der Waals surface area contributed by atoms with E-state index in [9.17, 15) is 13.9 Å². The Morgan fingerprint density at radius 3 is 2.64 bits per heavy atom. The molecule has 0 saturated heterocycles. The van der Waals surface area contributed by atoms with E-state index in [2.05, 4.69) is 31.5 Å². The molecule has 2 aromatic carbocycles. The average Bonchev–Trinajstić information content (AvgIpc) is 2.84. The van der Waals surface area contributed by atoms with E-state index in [1.807, 2.05) is 6.07 Å². The maximum absolute atomic E-state index is 15.1. The molecule has 192 valence electrons. The van der Waals surface area contributed by atoms with Gasteiger partial charge in [-0.2, -0.15) is 0 Å². The van der Waals surface area contributed by atoms with Gasteiger partial charge in [-0.3, -0.25) is 4.98 Å². The fourth-order valence-electron chi connectivity index (χ4n) is 4.67. The lowest BCUT2D eigenvalue weighted by atomic mass is 9.83. The molecule has 0 spiro atoms. The first-order chi connectivity index (χ1) is 17.2. The minimum absolute atomic E-state index is 0.122. The molecular weight excluding hydrogens is 533 g/mol. The van der Waals surface area contributed by atoms with E-state index < -0.39 is 18.1 Å². The van der Waals surface area contributed by atoms with Crippen LogP contribution in [0.15, 0.2) is 53.0 Å². The van der Waals surface area contributed by atoms with Crippen molar-refractivity contribution in [2.45, 2.75) is 50.0 Å². The number of benzene rings is 2. The molecule has 36 heavy (non-hydrogen) atoms. The van der Waals surface area contributed by atoms with Crippen molar-refractivity contribution in [3.05, 3.63) is 81.5 Å². The summed E-state index contributed by atoms with van der Waals surface area (Å²) in [5.41, 5.74) is 9.43. The van der Waals surface area contributed by atoms with Crippen LogP contribution < -0.4 is 16.4 Å². The molecule has 5 N–H and O–H groups in total. The van der Waals surface area contributed by atoms with Gasteiger partial charge >= 0.3 is 0 Å². The van der Waals surface area contributed by atoms with Crippen molar-refractivity contribution in [3.8, 4) is 11.3 Å². The van der Waals surface area contributed by atoms with Crippen LogP contribution >= 0.6 is 15.9 Å². The number of pyridine rings is 1. The Morgan fingerprint density at radius 1 is 1.14 bits per heavy atom. The number of hydrogen-bond donors (Lipinski definition) is 4. The monoisotopic (exact) mass is 562 g/mol. The van der Waals surface area contributed by atoms with Gasteiger partial charge in [0.2, 0.25) is 0 Å². The van der Waals surface area contributed by atoms with Crippen molar-refractivity contribution in [1.82, 2.24) is 15.6 Å². The molecule has 4 rings (SSSR count). The molecule has 0 radical (unpaired) electrons. The maximum atomic E-state index is 15.1. The van der Waals surface area contributed by atoms with Crippen LogP contribution in [0.2, 0.25) is 0 Å². The van der Waals surface area contributed by atoms with Crippen LogP contribution in [0.25, 0.3) is 11.3 Å². The van der Waals surface area contributed by atoms with Crippen LogP contribution in [0.1, 0.15) is 48.0 Å². The van der Waals surface area contributed by atoms with Gasteiger partial charge in [-0.15, -0.1) is 0 Å². The number of nitrogens with zero attached hydrogens (tertiary/aromatic N) is 1. The van der Waals surface area contributed by atoms with Crippen molar-refractivity contribution in [1.29, 1.82) is 0 Å². The molecule has 9 heteroatoms. The zero-order valence-electron chi connectivity index (χ0n) is 19.9. The summed E-state index contributed by atoms with van der Waals surface area (Å²) >= 11 is 3.32. The second-order valence-electron chi connectivity index (χ2n) is 9.27.